The van der Waals surface area contributed by atoms with Crippen LogP contribution in [-0.4, -0.2) is 33.2 Å². The van der Waals surface area contributed by atoms with Crippen molar-refractivity contribution in [1.29, 1.82) is 0 Å². The number of aliphatic hydroxyl groups is 1. The van der Waals surface area contributed by atoms with Crippen molar-refractivity contribution >= 4 is 40.0 Å². The Bertz CT molecular complexity index is 1420. The zero-order chi connectivity index (χ0) is 23.8. The molecule has 1 atom stereocenters. The molecule has 6 heteroatoms. The van der Waals surface area contributed by atoms with Crippen LogP contribution in [0.5, 0.6) is 0 Å². The summed E-state index contributed by atoms with van der Waals surface area (Å²) in [6, 6.07) is 21.5. The van der Waals surface area contributed by atoms with Crippen LogP contribution >= 0.6 is 11.6 Å². The predicted octanol–water partition coefficient (Wildman–Crippen LogP) is 5.79. The van der Waals surface area contributed by atoms with Gasteiger partial charge in [0.05, 0.1) is 11.6 Å². The Morgan fingerprint density at radius 1 is 1.00 bits per heavy atom. The molecule has 2 N–H and O–H groups in total. The fourth-order valence-corrected chi connectivity index (χ4v) is 4.67. The van der Waals surface area contributed by atoms with Crippen molar-refractivity contribution in [3.63, 3.8) is 0 Å². The van der Waals surface area contributed by atoms with E-state index in [-0.39, 0.29) is 11.3 Å². The number of hydrogen-bond acceptors (Lipinski definition) is 3. The summed E-state index contributed by atoms with van der Waals surface area (Å²) in [5, 5.41) is 12.8. The van der Waals surface area contributed by atoms with E-state index in [1.807, 2.05) is 49.5 Å². The highest BCUT2D eigenvalue weighted by atomic mass is 35.5. The molecule has 5 nitrogen and oxygen atoms in total. The Balaban J connectivity index is 1.56. The molecule has 0 radical (unpaired) electrons. The molecule has 1 amide bonds. The third-order valence-corrected chi connectivity index (χ3v) is 6.60. The fourth-order valence-electron chi connectivity index (χ4n) is 4.55. The molecule has 1 unspecified atom stereocenters. The average molecular weight is 471 g/mol. The molecule has 1 aliphatic heterocycles. The van der Waals surface area contributed by atoms with E-state index < -0.39 is 17.7 Å². The number of carbonyl (C=O) groups excluding carboxylic acids is 2. The lowest BCUT2D eigenvalue weighted by atomic mass is 9.95. The van der Waals surface area contributed by atoms with Gasteiger partial charge < -0.3 is 15.0 Å². The van der Waals surface area contributed by atoms with Gasteiger partial charge in [-0.1, -0.05) is 71.8 Å². The van der Waals surface area contributed by atoms with E-state index in [0.717, 1.165) is 27.6 Å². The first-order valence-corrected chi connectivity index (χ1v) is 11.5. The maximum atomic E-state index is 13.2. The lowest BCUT2D eigenvalue weighted by Crippen LogP contribution is -2.31. The second kappa shape index (κ2) is 8.84. The third kappa shape index (κ3) is 3.88. The third-order valence-electron chi connectivity index (χ3n) is 6.35. The Morgan fingerprint density at radius 3 is 2.44 bits per heavy atom. The summed E-state index contributed by atoms with van der Waals surface area (Å²) in [4.78, 5) is 31.2. The minimum atomic E-state index is -0.705. The molecule has 1 aliphatic rings. The molecule has 34 heavy (non-hydrogen) atoms. The topological polar surface area (TPSA) is 73.4 Å². The highest BCUT2D eigenvalue weighted by Gasteiger charge is 2.45. The van der Waals surface area contributed by atoms with Crippen LogP contribution in [-0.2, 0) is 16.0 Å². The van der Waals surface area contributed by atoms with Crippen molar-refractivity contribution in [1.82, 2.24) is 9.88 Å². The van der Waals surface area contributed by atoms with Gasteiger partial charge in [0.25, 0.3) is 11.7 Å². The van der Waals surface area contributed by atoms with Gasteiger partial charge in [-0.2, -0.15) is 0 Å². The quantitative estimate of drug-likeness (QED) is 0.220. The molecule has 1 aromatic heterocycles. The molecule has 0 bridgehead atoms. The molecule has 5 rings (SSSR count). The molecule has 170 valence electrons. The van der Waals surface area contributed by atoms with Crippen LogP contribution in [0, 0.1) is 6.92 Å². The molecular formula is C28H23ClN2O3. The number of carbonyl (C=O) groups is 2. The van der Waals surface area contributed by atoms with E-state index in [1.165, 1.54) is 0 Å². The average Bonchev–Trinajstić information content (AvgIpc) is 3.37. The summed E-state index contributed by atoms with van der Waals surface area (Å²) in [6.45, 7) is 2.27. The van der Waals surface area contributed by atoms with E-state index in [4.69, 9.17) is 11.6 Å². The number of benzene rings is 3. The zero-order valence-electron chi connectivity index (χ0n) is 18.6. The van der Waals surface area contributed by atoms with Gasteiger partial charge >= 0.3 is 0 Å². The van der Waals surface area contributed by atoms with Gasteiger partial charge in [0.2, 0.25) is 0 Å². The molecule has 0 spiro atoms. The predicted molar refractivity (Wildman–Crippen MR) is 134 cm³/mol. The van der Waals surface area contributed by atoms with Gasteiger partial charge in [0, 0.05) is 34.2 Å². The van der Waals surface area contributed by atoms with Crippen LogP contribution in [0.15, 0.2) is 84.6 Å². The second-order valence-electron chi connectivity index (χ2n) is 8.52. The zero-order valence-corrected chi connectivity index (χ0v) is 19.3. The van der Waals surface area contributed by atoms with Gasteiger partial charge in [-0.25, -0.2) is 0 Å². The van der Waals surface area contributed by atoms with E-state index in [1.54, 1.807) is 41.3 Å². The smallest absolute Gasteiger partial charge is 0.295 e. The number of likely N-dealkylation sites (tertiary alicyclic amines) is 1. The number of fused-ring (bicyclic) bond motifs is 1. The minimum Gasteiger partial charge on any atom is -0.507 e. The number of amides is 1. The normalized spacial score (nSPS) is 17.6. The highest BCUT2D eigenvalue weighted by molar-refractivity contribution is 6.46. The van der Waals surface area contributed by atoms with Crippen LogP contribution in [0.4, 0.5) is 0 Å². The van der Waals surface area contributed by atoms with E-state index in [0.29, 0.717) is 23.6 Å². The largest absolute Gasteiger partial charge is 0.507 e. The number of ketones is 1. The maximum Gasteiger partial charge on any atom is 0.295 e. The molecule has 2 heterocycles. The van der Waals surface area contributed by atoms with Gasteiger partial charge in [-0.15, -0.1) is 0 Å². The molecule has 3 aromatic carbocycles. The number of hydrogen-bond donors (Lipinski definition) is 2. The summed E-state index contributed by atoms with van der Waals surface area (Å²) < 4.78 is 0. The number of aliphatic hydroxyl groups excluding tert-OH is 1. The maximum absolute atomic E-state index is 13.2. The number of rotatable bonds is 5. The molecule has 1 saturated heterocycles. The summed E-state index contributed by atoms with van der Waals surface area (Å²) in [7, 11) is 0. The van der Waals surface area contributed by atoms with Gasteiger partial charge in [-0.05, 0) is 42.7 Å². The van der Waals surface area contributed by atoms with Crippen LogP contribution in [0.1, 0.15) is 28.3 Å². The van der Waals surface area contributed by atoms with Crippen molar-refractivity contribution in [3.05, 3.63) is 112 Å². The van der Waals surface area contributed by atoms with E-state index in [9.17, 15) is 14.7 Å². The van der Waals surface area contributed by atoms with E-state index >= 15 is 0 Å². The number of Topliss-reactive ketones (excluding diaryl/α,β-unsaturated/α-hetero) is 1. The van der Waals surface area contributed by atoms with Crippen LogP contribution in [0.3, 0.4) is 0 Å². The summed E-state index contributed by atoms with van der Waals surface area (Å²) in [5.74, 6) is -1.47. The van der Waals surface area contributed by atoms with Gasteiger partial charge in [0.1, 0.15) is 5.76 Å². The number of nitrogens with zero attached hydrogens (tertiary/aromatic N) is 1. The van der Waals surface area contributed by atoms with Gasteiger partial charge in [0.15, 0.2) is 0 Å². The first kappa shape index (κ1) is 22.0. The van der Waals surface area contributed by atoms with Crippen molar-refractivity contribution in [3.8, 4) is 0 Å². The Hall–Kier alpha value is -3.83. The number of aromatic amines is 1. The Labute approximate surface area is 202 Å². The first-order chi connectivity index (χ1) is 16.4. The van der Waals surface area contributed by atoms with Crippen molar-refractivity contribution in [2.24, 2.45) is 0 Å². The molecule has 1 fully saturated rings. The fraction of sp³-hybridized carbons (Fsp3) is 0.143. The first-order valence-electron chi connectivity index (χ1n) is 11.1. The van der Waals surface area contributed by atoms with Crippen molar-refractivity contribution in [2.75, 3.05) is 6.54 Å². The van der Waals surface area contributed by atoms with Crippen LogP contribution in [0.25, 0.3) is 16.7 Å². The summed E-state index contributed by atoms with van der Waals surface area (Å²) in [5.41, 5.74) is 4.43. The lowest BCUT2D eigenvalue weighted by molar-refractivity contribution is -0.139. The molecular weight excluding hydrogens is 448 g/mol. The monoisotopic (exact) mass is 470 g/mol. The number of nitrogens with one attached hydrogen (secondary N) is 1. The highest BCUT2D eigenvalue weighted by Crippen LogP contribution is 2.40. The molecule has 0 saturated carbocycles. The number of halogens is 1. The molecule has 0 aliphatic carbocycles. The number of H-pyrrole nitrogens is 1. The van der Waals surface area contributed by atoms with Crippen molar-refractivity contribution < 1.29 is 14.7 Å². The number of para-hydroxylation sites is 1. The number of aromatic nitrogens is 1. The van der Waals surface area contributed by atoms with Crippen LogP contribution in [0.2, 0.25) is 5.02 Å². The minimum absolute atomic E-state index is 0.0927. The van der Waals surface area contributed by atoms with Crippen molar-refractivity contribution in [2.45, 2.75) is 19.4 Å². The lowest BCUT2D eigenvalue weighted by Gasteiger charge is -2.25. The standard InChI is InChI=1S/C28H23ClN2O3/c1-17-6-8-19(9-7-17)26(32)24-25(18-10-12-21(29)13-11-18)31(28(34)27(24)33)15-14-20-16-30-23-5-3-2-4-22(20)23/h2-13,16,25,30,32H,14-15H2,1H3/b26-24-. The van der Waals surface area contributed by atoms with Crippen LogP contribution < -0.4 is 0 Å². The summed E-state index contributed by atoms with van der Waals surface area (Å²) in [6.07, 6.45) is 2.50. The SMILES string of the molecule is Cc1ccc(/C(O)=C2/C(=O)C(=O)N(CCc3c[nH]c4ccccc34)C2c2ccc(Cl)cc2)cc1. The van der Waals surface area contributed by atoms with Gasteiger partial charge in [-0.3, -0.25) is 9.59 Å². The Kier molecular flexibility index (Phi) is 5.72. The Morgan fingerprint density at radius 2 is 1.71 bits per heavy atom. The van der Waals surface area contributed by atoms with E-state index in [2.05, 4.69) is 4.98 Å². The number of aryl methyl sites for hydroxylation is 1. The summed E-state index contributed by atoms with van der Waals surface area (Å²) >= 11 is 6.09. The molecule has 4 aromatic rings. The second-order valence-corrected chi connectivity index (χ2v) is 8.96.